The van der Waals surface area contributed by atoms with Crippen LogP contribution in [0, 0.1) is 0 Å². The fraction of sp³-hybridized carbons (Fsp3) is 0.222. The van der Waals surface area contributed by atoms with Gasteiger partial charge >= 0.3 is 5.97 Å². The third-order valence-electron chi connectivity index (χ3n) is 1.67. The molecule has 0 fully saturated rings. The zero-order valence-corrected chi connectivity index (χ0v) is 8.70. The van der Waals surface area contributed by atoms with Crippen LogP contribution < -0.4 is 5.73 Å². The Kier molecular flexibility index (Phi) is 4.41. The summed E-state index contributed by atoms with van der Waals surface area (Å²) in [5, 5.41) is 0. The summed E-state index contributed by atoms with van der Waals surface area (Å²) < 4.78 is 23.8. The highest BCUT2D eigenvalue weighted by molar-refractivity contribution is 7.78. The molecule has 15 heavy (non-hydrogen) atoms. The van der Waals surface area contributed by atoms with Crippen molar-refractivity contribution >= 4 is 17.0 Å². The molecule has 0 aliphatic carbocycles. The quantitative estimate of drug-likeness (QED) is 0.445. The van der Waals surface area contributed by atoms with Crippen LogP contribution >= 0.6 is 0 Å². The average molecular weight is 229 g/mol. The van der Waals surface area contributed by atoms with Crippen molar-refractivity contribution in [2.45, 2.75) is 5.75 Å². The van der Waals surface area contributed by atoms with Crippen LogP contribution in [-0.2, 0) is 21.6 Å². The van der Waals surface area contributed by atoms with Crippen molar-refractivity contribution in [1.29, 1.82) is 0 Å². The number of esters is 1. The first kappa shape index (κ1) is 11.8. The lowest BCUT2D eigenvalue weighted by atomic mass is 10.1. The van der Waals surface area contributed by atoms with Gasteiger partial charge in [0.1, 0.15) is 6.73 Å². The second kappa shape index (κ2) is 5.59. The number of benzene rings is 1. The second-order valence-electron chi connectivity index (χ2n) is 2.76. The zero-order chi connectivity index (χ0) is 11.3. The maximum absolute atomic E-state index is 11.2. The van der Waals surface area contributed by atoms with Gasteiger partial charge in [-0.3, -0.25) is 5.73 Å². The molecule has 0 spiro atoms. The molecule has 0 heterocycles. The van der Waals surface area contributed by atoms with Crippen LogP contribution in [0.25, 0.3) is 0 Å². The Balaban J connectivity index is 2.82. The van der Waals surface area contributed by atoms with E-state index in [1.54, 1.807) is 18.2 Å². The lowest BCUT2D eigenvalue weighted by molar-refractivity contribution is 0.0515. The van der Waals surface area contributed by atoms with Crippen LogP contribution in [0.2, 0.25) is 0 Å². The highest BCUT2D eigenvalue weighted by Gasteiger charge is 2.07. The molecule has 0 aliphatic heterocycles. The summed E-state index contributed by atoms with van der Waals surface area (Å²) in [6, 6.07) is 6.34. The van der Waals surface area contributed by atoms with Gasteiger partial charge in [-0.1, -0.05) is 12.1 Å². The summed E-state index contributed by atoms with van der Waals surface area (Å²) in [7, 11) is 0. The predicted octanol–water partition coefficient (Wildman–Crippen LogP) is 0.481. The summed E-state index contributed by atoms with van der Waals surface area (Å²) in [6.45, 7) is -0.186. The fourth-order valence-electron chi connectivity index (χ4n) is 1.09. The fourth-order valence-corrected chi connectivity index (χ4v) is 1.55. The van der Waals surface area contributed by atoms with Gasteiger partial charge in [0.05, 0.1) is 11.3 Å². The maximum Gasteiger partial charge on any atom is 0.339 e. The molecule has 1 aromatic carbocycles. The number of ether oxygens (including phenoxy) is 1. The minimum Gasteiger partial charge on any atom is -0.446 e. The molecule has 1 rings (SSSR count). The van der Waals surface area contributed by atoms with Crippen molar-refractivity contribution in [2.75, 3.05) is 6.73 Å². The van der Waals surface area contributed by atoms with Crippen molar-refractivity contribution in [1.82, 2.24) is 0 Å². The number of carbonyl (C=O) groups excluding carboxylic acids is 1. The molecule has 0 radical (unpaired) electrons. The maximum atomic E-state index is 11.2. The molecule has 0 bridgehead atoms. The number of hydrogen-bond donors (Lipinski definition) is 2. The van der Waals surface area contributed by atoms with Crippen molar-refractivity contribution in [3.63, 3.8) is 0 Å². The first-order valence-corrected chi connectivity index (χ1v) is 5.44. The molecule has 5 nitrogen and oxygen atoms in total. The van der Waals surface area contributed by atoms with E-state index in [9.17, 15) is 9.00 Å². The number of rotatable bonds is 4. The van der Waals surface area contributed by atoms with Gasteiger partial charge in [0, 0.05) is 0 Å². The Morgan fingerprint density at radius 1 is 1.53 bits per heavy atom. The van der Waals surface area contributed by atoms with Gasteiger partial charge in [-0.15, -0.1) is 0 Å². The lowest BCUT2D eigenvalue weighted by Crippen LogP contribution is -2.12. The lowest BCUT2D eigenvalue weighted by Gasteiger charge is -2.03. The standard InChI is InChI=1S/C9H11NO4S/c10-6-14-9(11)8-3-1-2-7(4-8)5-15(12)13/h1-4H,5-6,10H2,(H,12,13). The highest BCUT2D eigenvalue weighted by atomic mass is 32.2. The highest BCUT2D eigenvalue weighted by Crippen LogP contribution is 2.08. The Bertz CT molecular complexity index is 380. The van der Waals surface area contributed by atoms with E-state index in [-0.39, 0.29) is 12.5 Å². The van der Waals surface area contributed by atoms with E-state index < -0.39 is 17.0 Å². The summed E-state index contributed by atoms with van der Waals surface area (Å²) in [6.07, 6.45) is 0. The largest absolute Gasteiger partial charge is 0.446 e. The average Bonchev–Trinajstić information content (AvgIpc) is 2.17. The van der Waals surface area contributed by atoms with Crippen molar-refractivity contribution in [3.05, 3.63) is 35.4 Å². The van der Waals surface area contributed by atoms with E-state index in [0.717, 1.165) is 0 Å². The summed E-state index contributed by atoms with van der Waals surface area (Å²) in [4.78, 5) is 11.2. The molecule has 82 valence electrons. The Morgan fingerprint density at radius 2 is 2.27 bits per heavy atom. The molecule has 0 aliphatic rings. The molecule has 1 unspecified atom stereocenters. The third-order valence-corrected chi connectivity index (χ3v) is 2.25. The molecule has 1 aromatic rings. The molecular weight excluding hydrogens is 218 g/mol. The SMILES string of the molecule is NCOC(=O)c1cccc(CS(=O)O)c1. The first-order chi connectivity index (χ1) is 7.13. The molecule has 0 saturated heterocycles. The van der Waals surface area contributed by atoms with Gasteiger partial charge in [0.15, 0.2) is 11.1 Å². The monoisotopic (exact) mass is 229 g/mol. The summed E-state index contributed by atoms with van der Waals surface area (Å²) >= 11 is -1.92. The second-order valence-corrected chi connectivity index (χ2v) is 3.70. The van der Waals surface area contributed by atoms with Crippen LogP contribution in [-0.4, -0.2) is 21.5 Å². The van der Waals surface area contributed by atoms with E-state index >= 15 is 0 Å². The predicted molar refractivity (Wildman–Crippen MR) is 55.4 cm³/mol. The van der Waals surface area contributed by atoms with Gasteiger partial charge in [0.25, 0.3) is 0 Å². The Hall–Kier alpha value is -1.24. The number of nitrogens with two attached hydrogens (primary N) is 1. The Morgan fingerprint density at radius 3 is 2.87 bits per heavy atom. The smallest absolute Gasteiger partial charge is 0.339 e. The van der Waals surface area contributed by atoms with Gasteiger partial charge in [-0.25, -0.2) is 9.00 Å². The van der Waals surface area contributed by atoms with E-state index in [4.69, 9.17) is 10.3 Å². The number of carbonyl (C=O) groups is 1. The van der Waals surface area contributed by atoms with Gasteiger partial charge < -0.3 is 9.29 Å². The van der Waals surface area contributed by atoms with Crippen molar-refractivity contribution in [3.8, 4) is 0 Å². The van der Waals surface area contributed by atoms with E-state index in [1.165, 1.54) is 6.07 Å². The molecule has 0 amide bonds. The first-order valence-electron chi connectivity index (χ1n) is 4.17. The van der Waals surface area contributed by atoms with Crippen molar-refractivity contribution in [2.24, 2.45) is 5.73 Å². The Labute approximate surface area is 89.5 Å². The van der Waals surface area contributed by atoms with E-state index in [1.807, 2.05) is 0 Å². The van der Waals surface area contributed by atoms with Gasteiger partial charge in [0.2, 0.25) is 0 Å². The van der Waals surface area contributed by atoms with E-state index in [2.05, 4.69) is 4.74 Å². The summed E-state index contributed by atoms with van der Waals surface area (Å²) in [5.74, 6) is -0.549. The topological polar surface area (TPSA) is 89.6 Å². The molecule has 1 atom stereocenters. The number of hydrogen-bond acceptors (Lipinski definition) is 4. The molecule has 6 heteroatoms. The minimum absolute atomic E-state index is 0.0102. The van der Waals surface area contributed by atoms with Crippen LogP contribution in [0.3, 0.4) is 0 Å². The normalized spacial score (nSPS) is 12.1. The molecule has 3 N–H and O–H groups in total. The zero-order valence-electron chi connectivity index (χ0n) is 7.88. The van der Waals surface area contributed by atoms with Gasteiger partial charge in [-0.05, 0) is 17.7 Å². The van der Waals surface area contributed by atoms with E-state index in [0.29, 0.717) is 11.1 Å². The van der Waals surface area contributed by atoms with Crippen molar-refractivity contribution < 1.29 is 18.3 Å². The third kappa shape index (κ3) is 3.78. The van der Waals surface area contributed by atoms with Gasteiger partial charge in [-0.2, -0.15) is 0 Å². The molecule has 0 saturated carbocycles. The van der Waals surface area contributed by atoms with Crippen LogP contribution in [0.15, 0.2) is 24.3 Å². The van der Waals surface area contributed by atoms with Crippen LogP contribution in [0.5, 0.6) is 0 Å². The minimum atomic E-state index is -1.92. The molecule has 0 aromatic heterocycles. The molecular formula is C9H11NO4S. The van der Waals surface area contributed by atoms with Crippen LogP contribution in [0.4, 0.5) is 0 Å². The summed E-state index contributed by atoms with van der Waals surface area (Å²) in [5.41, 5.74) is 5.98. The van der Waals surface area contributed by atoms with Crippen LogP contribution in [0.1, 0.15) is 15.9 Å².